The van der Waals surface area contributed by atoms with Gasteiger partial charge in [0, 0.05) is 23.1 Å². The Bertz CT molecular complexity index is 399. The molecule has 0 heterocycles. The van der Waals surface area contributed by atoms with E-state index in [1.165, 1.54) is 19.3 Å². The second kappa shape index (κ2) is 7.43. The van der Waals surface area contributed by atoms with E-state index in [0.717, 1.165) is 23.5 Å². The maximum absolute atomic E-state index is 11.8. The van der Waals surface area contributed by atoms with Crippen LogP contribution in [-0.4, -0.2) is 22.8 Å². The van der Waals surface area contributed by atoms with Crippen LogP contribution in [0.25, 0.3) is 0 Å². The third kappa shape index (κ3) is 5.15. The number of aromatic hydroxyl groups is 1. The molecular formula is C15H21NO2S. The van der Waals surface area contributed by atoms with Crippen molar-refractivity contribution in [1.82, 2.24) is 5.32 Å². The topological polar surface area (TPSA) is 49.3 Å². The van der Waals surface area contributed by atoms with Crippen molar-refractivity contribution in [2.24, 2.45) is 0 Å². The summed E-state index contributed by atoms with van der Waals surface area (Å²) >= 11 is 1.65. The van der Waals surface area contributed by atoms with Gasteiger partial charge in [0.05, 0.1) is 0 Å². The molecule has 3 nitrogen and oxygen atoms in total. The number of rotatable bonds is 5. The van der Waals surface area contributed by atoms with Crippen LogP contribution in [-0.2, 0) is 4.79 Å². The van der Waals surface area contributed by atoms with Gasteiger partial charge >= 0.3 is 0 Å². The van der Waals surface area contributed by atoms with Crippen LogP contribution >= 0.6 is 11.8 Å². The zero-order chi connectivity index (χ0) is 13.5. The van der Waals surface area contributed by atoms with Gasteiger partial charge in [-0.25, -0.2) is 0 Å². The summed E-state index contributed by atoms with van der Waals surface area (Å²) in [6.45, 7) is 0. The molecule has 2 N–H and O–H groups in total. The zero-order valence-electron chi connectivity index (χ0n) is 11.1. The quantitative estimate of drug-likeness (QED) is 0.813. The van der Waals surface area contributed by atoms with Crippen LogP contribution in [0.1, 0.15) is 38.5 Å². The number of hydrogen-bond acceptors (Lipinski definition) is 3. The molecule has 104 valence electrons. The minimum Gasteiger partial charge on any atom is -0.508 e. The lowest BCUT2D eigenvalue weighted by Crippen LogP contribution is -2.36. The van der Waals surface area contributed by atoms with Gasteiger partial charge in [0.2, 0.25) is 5.91 Å². The predicted molar refractivity (Wildman–Crippen MR) is 78.5 cm³/mol. The Hall–Kier alpha value is -1.16. The fraction of sp³-hybridized carbons (Fsp3) is 0.533. The van der Waals surface area contributed by atoms with E-state index < -0.39 is 0 Å². The Labute approximate surface area is 118 Å². The molecule has 1 aromatic rings. The molecule has 1 aliphatic carbocycles. The molecular weight excluding hydrogens is 258 g/mol. The van der Waals surface area contributed by atoms with Crippen molar-refractivity contribution >= 4 is 17.7 Å². The molecule has 0 radical (unpaired) electrons. The van der Waals surface area contributed by atoms with E-state index in [1.54, 1.807) is 23.9 Å². The summed E-state index contributed by atoms with van der Waals surface area (Å²) in [4.78, 5) is 12.9. The van der Waals surface area contributed by atoms with Crippen LogP contribution in [0, 0.1) is 0 Å². The normalized spacial score (nSPS) is 16.2. The summed E-state index contributed by atoms with van der Waals surface area (Å²) in [5, 5.41) is 12.3. The van der Waals surface area contributed by atoms with Gasteiger partial charge in [-0.2, -0.15) is 0 Å². The van der Waals surface area contributed by atoms with E-state index in [1.807, 2.05) is 12.1 Å². The molecule has 1 amide bonds. The molecule has 0 bridgehead atoms. The summed E-state index contributed by atoms with van der Waals surface area (Å²) < 4.78 is 0. The first-order chi connectivity index (χ1) is 9.24. The van der Waals surface area contributed by atoms with Gasteiger partial charge in [0.25, 0.3) is 0 Å². The van der Waals surface area contributed by atoms with Gasteiger partial charge in [-0.3, -0.25) is 4.79 Å². The van der Waals surface area contributed by atoms with Crippen molar-refractivity contribution in [2.75, 3.05) is 5.75 Å². The van der Waals surface area contributed by atoms with E-state index in [9.17, 15) is 9.90 Å². The maximum atomic E-state index is 11.8. The van der Waals surface area contributed by atoms with Crippen LogP contribution in [0.15, 0.2) is 29.2 Å². The second-order valence-corrected chi connectivity index (χ2v) is 6.16. The molecule has 2 rings (SSSR count). The first-order valence-electron chi connectivity index (χ1n) is 6.95. The Balaban J connectivity index is 1.64. The predicted octanol–water partition coefficient (Wildman–Crippen LogP) is 3.32. The Kier molecular flexibility index (Phi) is 5.58. The molecule has 0 atom stereocenters. The van der Waals surface area contributed by atoms with Crippen molar-refractivity contribution in [3.63, 3.8) is 0 Å². The van der Waals surface area contributed by atoms with Gasteiger partial charge in [-0.05, 0) is 37.1 Å². The summed E-state index contributed by atoms with van der Waals surface area (Å²) in [5.41, 5.74) is 0. The van der Waals surface area contributed by atoms with Gasteiger partial charge in [-0.1, -0.05) is 19.3 Å². The van der Waals surface area contributed by atoms with Crippen LogP contribution in [0.2, 0.25) is 0 Å². The highest BCUT2D eigenvalue weighted by Gasteiger charge is 2.15. The van der Waals surface area contributed by atoms with E-state index in [2.05, 4.69) is 5.32 Å². The lowest BCUT2D eigenvalue weighted by atomic mass is 9.95. The molecule has 19 heavy (non-hydrogen) atoms. The number of hydrogen-bond donors (Lipinski definition) is 2. The molecule has 1 aliphatic rings. The van der Waals surface area contributed by atoms with Crippen molar-refractivity contribution in [3.05, 3.63) is 24.3 Å². The average Bonchev–Trinajstić information content (AvgIpc) is 2.42. The fourth-order valence-electron chi connectivity index (χ4n) is 2.35. The largest absolute Gasteiger partial charge is 0.508 e. The average molecular weight is 279 g/mol. The maximum Gasteiger partial charge on any atom is 0.221 e. The Morgan fingerprint density at radius 3 is 2.58 bits per heavy atom. The van der Waals surface area contributed by atoms with E-state index in [-0.39, 0.29) is 11.7 Å². The third-order valence-corrected chi connectivity index (χ3v) is 4.42. The monoisotopic (exact) mass is 279 g/mol. The number of carbonyl (C=O) groups is 1. The van der Waals surface area contributed by atoms with E-state index >= 15 is 0 Å². The summed E-state index contributed by atoms with van der Waals surface area (Å²) in [6.07, 6.45) is 6.62. The molecule has 1 fully saturated rings. The highest BCUT2D eigenvalue weighted by molar-refractivity contribution is 7.99. The first-order valence-corrected chi connectivity index (χ1v) is 7.94. The number of phenols is 1. The highest BCUT2D eigenvalue weighted by Crippen LogP contribution is 2.21. The smallest absolute Gasteiger partial charge is 0.221 e. The third-order valence-electron chi connectivity index (χ3n) is 3.40. The number of nitrogens with one attached hydrogen (secondary N) is 1. The first kappa shape index (κ1) is 14.3. The number of carbonyl (C=O) groups excluding carboxylic acids is 1. The molecule has 0 aliphatic heterocycles. The van der Waals surface area contributed by atoms with Crippen molar-refractivity contribution in [2.45, 2.75) is 49.5 Å². The van der Waals surface area contributed by atoms with Crippen LogP contribution < -0.4 is 5.32 Å². The number of thioether (sulfide) groups is 1. The Morgan fingerprint density at radius 2 is 1.89 bits per heavy atom. The van der Waals surface area contributed by atoms with Crippen molar-refractivity contribution in [1.29, 1.82) is 0 Å². The lowest BCUT2D eigenvalue weighted by Gasteiger charge is -2.22. The molecule has 0 saturated heterocycles. The zero-order valence-corrected chi connectivity index (χ0v) is 11.9. The number of phenolic OH excluding ortho intramolecular Hbond substituents is 1. The fourth-order valence-corrected chi connectivity index (χ4v) is 3.20. The number of amides is 1. The molecule has 0 unspecified atom stereocenters. The van der Waals surface area contributed by atoms with E-state index in [0.29, 0.717) is 12.5 Å². The number of benzene rings is 1. The SMILES string of the molecule is O=C(CCSc1ccc(O)cc1)NC1CCCCC1. The Morgan fingerprint density at radius 1 is 1.21 bits per heavy atom. The van der Waals surface area contributed by atoms with Crippen LogP contribution in [0.5, 0.6) is 5.75 Å². The molecule has 0 aromatic heterocycles. The summed E-state index contributed by atoms with van der Waals surface area (Å²) in [5.74, 6) is 1.22. The lowest BCUT2D eigenvalue weighted by molar-refractivity contribution is -0.121. The molecule has 1 saturated carbocycles. The van der Waals surface area contributed by atoms with Crippen LogP contribution in [0.4, 0.5) is 0 Å². The highest BCUT2D eigenvalue weighted by atomic mass is 32.2. The van der Waals surface area contributed by atoms with Gasteiger partial charge in [0.15, 0.2) is 0 Å². The van der Waals surface area contributed by atoms with Gasteiger partial charge in [0.1, 0.15) is 5.75 Å². The van der Waals surface area contributed by atoms with Gasteiger partial charge in [-0.15, -0.1) is 11.8 Å². The summed E-state index contributed by atoms with van der Waals surface area (Å²) in [6, 6.07) is 7.49. The summed E-state index contributed by atoms with van der Waals surface area (Å²) in [7, 11) is 0. The van der Waals surface area contributed by atoms with Gasteiger partial charge < -0.3 is 10.4 Å². The minimum atomic E-state index is 0.165. The standard InChI is InChI=1S/C15H21NO2S/c17-13-6-8-14(9-7-13)19-11-10-15(18)16-12-4-2-1-3-5-12/h6-9,12,17H,1-5,10-11H2,(H,16,18). The molecule has 0 spiro atoms. The van der Waals surface area contributed by atoms with Crippen molar-refractivity contribution in [3.8, 4) is 5.75 Å². The molecule has 4 heteroatoms. The molecule has 1 aromatic carbocycles. The van der Waals surface area contributed by atoms with E-state index in [4.69, 9.17) is 0 Å². The van der Waals surface area contributed by atoms with Crippen molar-refractivity contribution < 1.29 is 9.90 Å². The second-order valence-electron chi connectivity index (χ2n) is 4.99. The minimum absolute atomic E-state index is 0.165. The van der Waals surface area contributed by atoms with Crippen LogP contribution in [0.3, 0.4) is 0 Å².